The Morgan fingerprint density at radius 2 is 2.05 bits per heavy atom. The number of methoxy groups -OCH3 is 1. The summed E-state index contributed by atoms with van der Waals surface area (Å²) >= 11 is 0. The van der Waals surface area contributed by atoms with Crippen LogP contribution in [-0.2, 0) is 9.53 Å². The SMILES string of the molecule is CCCCN(CCC(NCCC)C(=O)OC)C1CC1. The molecule has 1 atom stereocenters. The van der Waals surface area contributed by atoms with Gasteiger partial charge in [-0.1, -0.05) is 20.3 Å². The number of hydrogen-bond donors (Lipinski definition) is 1. The molecule has 0 aromatic carbocycles. The molecule has 0 aliphatic heterocycles. The Balaban J connectivity index is 2.36. The van der Waals surface area contributed by atoms with Gasteiger partial charge in [0.05, 0.1) is 7.11 Å². The number of carbonyl (C=O) groups excluding carboxylic acids is 1. The fourth-order valence-electron chi connectivity index (χ4n) is 2.34. The van der Waals surface area contributed by atoms with Crippen LogP contribution in [-0.4, -0.2) is 49.7 Å². The third-order valence-corrected chi connectivity index (χ3v) is 3.69. The van der Waals surface area contributed by atoms with Gasteiger partial charge in [0, 0.05) is 12.6 Å². The van der Waals surface area contributed by atoms with Crippen molar-refractivity contribution in [1.82, 2.24) is 10.2 Å². The molecule has 0 amide bonds. The van der Waals surface area contributed by atoms with Gasteiger partial charge in [0.25, 0.3) is 0 Å². The summed E-state index contributed by atoms with van der Waals surface area (Å²) in [6.07, 6.45) is 7.03. The normalized spacial score (nSPS) is 16.6. The van der Waals surface area contributed by atoms with Crippen LogP contribution in [0.4, 0.5) is 0 Å². The first kappa shape index (κ1) is 16.4. The van der Waals surface area contributed by atoms with E-state index in [1.807, 2.05) is 0 Å². The summed E-state index contributed by atoms with van der Waals surface area (Å²) < 4.78 is 4.88. The summed E-state index contributed by atoms with van der Waals surface area (Å²) in [5.74, 6) is -0.125. The van der Waals surface area contributed by atoms with Gasteiger partial charge < -0.3 is 15.0 Å². The summed E-state index contributed by atoms with van der Waals surface area (Å²) in [6, 6.07) is 0.629. The van der Waals surface area contributed by atoms with Crippen LogP contribution >= 0.6 is 0 Å². The minimum absolute atomic E-state index is 0.125. The standard InChI is InChI=1S/C15H30N2O2/c1-4-6-11-17(13-7-8-13)12-9-14(15(18)19-3)16-10-5-2/h13-14,16H,4-12H2,1-3H3. The highest BCUT2D eigenvalue weighted by Crippen LogP contribution is 2.27. The number of nitrogens with one attached hydrogen (secondary N) is 1. The van der Waals surface area contributed by atoms with E-state index in [1.54, 1.807) is 0 Å². The Hall–Kier alpha value is -0.610. The van der Waals surface area contributed by atoms with Gasteiger partial charge >= 0.3 is 5.97 Å². The average molecular weight is 270 g/mol. The monoisotopic (exact) mass is 270 g/mol. The fraction of sp³-hybridized carbons (Fsp3) is 0.933. The number of hydrogen-bond acceptors (Lipinski definition) is 4. The Bertz CT molecular complexity index is 255. The first-order chi connectivity index (χ1) is 9.22. The number of rotatable bonds is 11. The van der Waals surface area contributed by atoms with Crippen LogP contribution in [0.2, 0.25) is 0 Å². The molecule has 1 aliphatic carbocycles. The topological polar surface area (TPSA) is 41.6 Å². The Morgan fingerprint density at radius 1 is 1.32 bits per heavy atom. The molecule has 1 aliphatic rings. The molecule has 112 valence electrons. The molecule has 0 saturated heterocycles. The molecule has 0 radical (unpaired) electrons. The van der Waals surface area contributed by atoms with Crippen molar-refractivity contribution in [3.63, 3.8) is 0 Å². The largest absolute Gasteiger partial charge is 0.468 e. The maximum Gasteiger partial charge on any atom is 0.322 e. The lowest BCUT2D eigenvalue weighted by Crippen LogP contribution is -2.41. The summed E-state index contributed by atoms with van der Waals surface area (Å²) in [5.41, 5.74) is 0. The van der Waals surface area contributed by atoms with Crippen LogP contribution in [0.1, 0.15) is 52.4 Å². The van der Waals surface area contributed by atoms with Gasteiger partial charge in [-0.2, -0.15) is 0 Å². The van der Waals surface area contributed by atoms with E-state index in [9.17, 15) is 4.79 Å². The van der Waals surface area contributed by atoms with Gasteiger partial charge in [-0.3, -0.25) is 4.79 Å². The second kappa shape index (κ2) is 9.32. The molecule has 0 aromatic heterocycles. The van der Waals surface area contributed by atoms with Crippen molar-refractivity contribution in [1.29, 1.82) is 0 Å². The quantitative estimate of drug-likeness (QED) is 0.584. The Kier molecular flexibility index (Phi) is 8.07. The van der Waals surface area contributed by atoms with E-state index < -0.39 is 0 Å². The first-order valence-corrected chi connectivity index (χ1v) is 7.78. The van der Waals surface area contributed by atoms with Crippen LogP contribution in [0.3, 0.4) is 0 Å². The highest BCUT2D eigenvalue weighted by molar-refractivity contribution is 5.75. The maximum absolute atomic E-state index is 11.7. The molecule has 4 nitrogen and oxygen atoms in total. The third-order valence-electron chi connectivity index (χ3n) is 3.69. The lowest BCUT2D eigenvalue weighted by molar-refractivity contribution is -0.143. The Morgan fingerprint density at radius 3 is 2.58 bits per heavy atom. The highest BCUT2D eigenvalue weighted by Gasteiger charge is 2.29. The highest BCUT2D eigenvalue weighted by atomic mass is 16.5. The van der Waals surface area contributed by atoms with Crippen molar-refractivity contribution in [2.45, 2.75) is 64.5 Å². The molecular weight excluding hydrogens is 240 g/mol. The van der Waals surface area contributed by atoms with E-state index in [4.69, 9.17) is 4.74 Å². The number of nitrogens with zero attached hydrogens (tertiary/aromatic N) is 1. The van der Waals surface area contributed by atoms with E-state index >= 15 is 0 Å². The van der Waals surface area contributed by atoms with Gasteiger partial charge in [-0.05, 0) is 45.2 Å². The average Bonchev–Trinajstić information content (AvgIpc) is 3.25. The van der Waals surface area contributed by atoms with Gasteiger partial charge in [0.15, 0.2) is 0 Å². The zero-order chi connectivity index (χ0) is 14.1. The van der Waals surface area contributed by atoms with E-state index in [-0.39, 0.29) is 12.0 Å². The zero-order valence-electron chi connectivity index (χ0n) is 12.8. The molecule has 1 saturated carbocycles. The molecule has 1 N–H and O–H groups in total. The fourth-order valence-corrected chi connectivity index (χ4v) is 2.34. The molecule has 1 unspecified atom stereocenters. The summed E-state index contributed by atoms with van der Waals surface area (Å²) in [7, 11) is 1.47. The molecule has 4 heteroatoms. The van der Waals surface area contributed by atoms with Crippen molar-refractivity contribution in [2.24, 2.45) is 0 Å². The van der Waals surface area contributed by atoms with Gasteiger partial charge in [0.2, 0.25) is 0 Å². The van der Waals surface area contributed by atoms with E-state index in [2.05, 4.69) is 24.1 Å². The predicted octanol–water partition coefficient (Wildman–Crippen LogP) is 2.18. The minimum atomic E-state index is -0.146. The molecule has 0 spiro atoms. The first-order valence-electron chi connectivity index (χ1n) is 7.78. The zero-order valence-corrected chi connectivity index (χ0v) is 12.8. The number of unbranched alkanes of at least 4 members (excludes halogenated alkanes) is 1. The van der Waals surface area contributed by atoms with Crippen molar-refractivity contribution in [3.05, 3.63) is 0 Å². The summed E-state index contributed by atoms with van der Waals surface area (Å²) in [4.78, 5) is 14.3. The third kappa shape index (κ3) is 6.39. The minimum Gasteiger partial charge on any atom is -0.468 e. The summed E-state index contributed by atoms with van der Waals surface area (Å²) in [5, 5.41) is 3.29. The van der Waals surface area contributed by atoms with Crippen LogP contribution in [0.15, 0.2) is 0 Å². The molecule has 0 heterocycles. The number of esters is 1. The Labute approximate surface area is 117 Å². The molecule has 1 fully saturated rings. The second-order valence-electron chi connectivity index (χ2n) is 5.44. The molecular formula is C15H30N2O2. The second-order valence-corrected chi connectivity index (χ2v) is 5.44. The smallest absolute Gasteiger partial charge is 0.322 e. The van der Waals surface area contributed by atoms with Gasteiger partial charge in [-0.15, -0.1) is 0 Å². The van der Waals surface area contributed by atoms with E-state index in [0.29, 0.717) is 0 Å². The molecule has 1 rings (SSSR count). The van der Waals surface area contributed by atoms with Crippen LogP contribution in [0, 0.1) is 0 Å². The molecule has 19 heavy (non-hydrogen) atoms. The van der Waals surface area contributed by atoms with Gasteiger partial charge in [0.1, 0.15) is 6.04 Å². The molecule has 0 bridgehead atoms. The van der Waals surface area contributed by atoms with Crippen LogP contribution < -0.4 is 5.32 Å². The predicted molar refractivity (Wildman–Crippen MR) is 78.2 cm³/mol. The number of carbonyl (C=O) groups is 1. The maximum atomic E-state index is 11.7. The van der Waals surface area contributed by atoms with Crippen molar-refractivity contribution >= 4 is 5.97 Å². The van der Waals surface area contributed by atoms with Crippen molar-refractivity contribution < 1.29 is 9.53 Å². The lowest BCUT2D eigenvalue weighted by Gasteiger charge is -2.24. The van der Waals surface area contributed by atoms with E-state index in [0.717, 1.165) is 32.0 Å². The van der Waals surface area contributed by atoms with Crippen molar-refractivity contribution in [2.75, 3.05) is 26.7 Å². The van der Waals surface area contributed by atoms with Crippen molar-refractivity contribution in [3.8, 4) is 0 Å². The van der Waals surface area contributed by atoms with Crippen LogP contribution in [0.5, 0.6) is 0 Å². The van der Waals surface area contributed by atoms with Crippen LogP contribution in [0.25, 0.3) is 0 Å². The number of ether oxygens (including phenoxy) is 1. The lowest BCUT2D eigenvalue weighted by atomic mass is 10.2. The molecule has 0 aromatic rings. The van der Waals surface area contributed by atoms with E-state index in [1.165, 1.54) is 39.3 Å². The van der Waals surface area contributed by atoms with Gasteiger partial charge in [-0.25, -0.2) is 0 Å². The summed E-state index contributed by atoms with van der Waals surface area (Å²) in [6.45, 7) is 7.38.